The van der Waals surface area contributed by atoms with Crippen LogP contribution < -0.4 is 10.1 Å². The number of rotatable bonds is 10. The van der Waals surface area contributed by atoms with Crippen molar-refractivity contribution in [2.24, 2.45) is 0 Å². The highest BCUT2D eigenvalue weighted by Crippen LogP contribution is 2.33. The summed E-state index contributed by atoms with van der Waals surface area (Å²) in [6.07, 6.45) is 1.61. The summed E-state index contributed by atoms with van der Waals surface area (Å²) in [6.45, 7) is 6.52. The number of esters is 1. The highest BCUT2D eigenvalue weighted by Gasteiger charge is 2.36. The maximum Gasteiger partial charge on any atom is 0.338 e. The van der Waals surface area contributed by atoms with Gasteiger partial charge in [-0.3, -0.25) is 4.90 Å². The van der Waals surface area contributed by atoms with Crippen molar-refractivity contribution in [1.29, 1.82) is 0 Å². The van der Waals surface area contributed by atoms with E-state index in [-0.39, 0.29) is 25.8 Å². The van der Waals surface area contributed by atoms with Gasteiger partial charge in [0.1, 0.15) is 19.0 Å². The number of benzene rings is 2. The molecular formula is C25H28N2O5. The molecular weight excluding hydrogens is 408 g/mol. The molecule has 0 unspecified atom stereocenters. The first kappa shape index (κ1) is 23.1. The first-order valence-corrected chi connectivity index (χ1v) is 10.4. The van der Waals surface area contributed by atoms with Gasteiger partial charge in [-0.2, -0.15) is 0 Å². The molecule has 0 fully saturated rings. The Morgan fingerprint density at radius 1 is 1.16 bits per heavy atom. The van der Waals surface area contributed by atoms with Crippen molar-refractivity contribution in [2.75, 3.05) is 26.9 Å². The SMILES string of the molecule is C=CCN1C(=O)N[C@H](c2cccc(OCc3ccccc3)c2)C(C(=O)OCCOC)=C1C. The molecule has 0 radical (unpaired) electrons. The van der Waals surface area contributed by atoms with Crippen molar-refractivity contribution < 1.29 is 23.8 Å². The van der Waals surface area contributed by atoms with Crippen molar-refractivity contribution in [3.8, 4) is 5.75 Å². The van der Waals surface area contributed by atoms with Gasteiger partial charge in [0.25, 0.3) is 0 Å². The molecule has 0 saturated carbocycles. The largest absolute Gasteiger partial charge is 0.489 e. The van der Waals surface area contributed by atoms with Crippen molar-refractivity contribution in [1.82, 2.24) is 10.2 Å². The Morgan fingerprint density at radius 3 is 2.66 bits per heavy atom. The summed E-state index contributed by atoms with van der Waals surface area (Å²) in [5, 5.41) is 2.91. The molecule has 7 heteroatoms. The predicted octanol–water partition coefficient (Wildman–Crippen LogP) is 3.98. The highest BCUT2D eigenvalue weighted by atomic mass is 16.6. The minimum atomic E-state index is -0.668. The van der Waals surface area contributed by atoms with Crippen molar-refractivity contribution in [3.05, 3.63) is 89.6 Å². The van der Waals surface area contributed by atoms with E-state index >= 15 is 0 Å². The second-order valence-corrected chi connectivity index (χ2v) is 7.26. The van der Waals surface area contributed by atoms with E-state index in [9.17, 15) is 9.59 Å². The molecule has 1 N–H and O–H groups in total. The number of methoxy groups -OCH3 is 1. The third-order valence-corrected chi connectivity index (χ3v) is 5.09. The molecule has 0 bridgehead atoms. The monoisotopic (exact) mass is 436 g/mol. The summed E-state index contributed by atoms with van der Waals surface area (Å²) in [4.78, 5) is 27.1. The zero-order chi connectivity index (χ0) is 22.9. The normalized spacial score (nSPS) is 15.9. The van der Waals surface area contributed by atoms with Crippen LogP contribution in [0.2, 0.25) is 0 Å². The number of ether oxygens (including phenoxy) is 3. The van der Waals surface area contributed by atoms with Crippen LogP contribution in [0.15, 0.2) is 78.5 Å². The van der Waals surface area contributed by atoms with Gasteiger partial charge >= 0.3 is 12.0 Å². The standard InChI is InChI=1S/C25H28N2O5/c1-4-13-27-18(2)22(24(28)31-15-14-30-3)23(26-25(27)29)20-11-8-12-21(16-20)32-17-19-9-6-5-7-10-19/h4-12,16,23H,1,13-15,17H2,2-3H3,(H,26,29)/t23-/m1/s1. The minimum absolute atomic E-state index is 0.120. The smallest absolute Gasteiger partial charge is 0.338 e. The molecule has 0 spiro atoms. The molecule has 2 amide bonds. The van der Waals surface area contributed by atoms with E-state index in [1.807, 2.05) is 54.6 Å². The lowest BCUT2D eigenvalue weighted by atomic mass is 9.94. The quantitative estimate of drug-likeness (QED) is 0.346. The van der Waals surface area contributed by atoms with Crippen LogP contribution in [-0.4, -0.2) is 43.8 Å². The zero-order valence-corrected chi connectivity index (χ0v) is 18.4. The van der Waals surface area contributed by atoms with E-state index in [1.54, 1.807) is 13.0 Å². The lowest BCUT2D eigenvalue weighted by Crippen LogP contribution is -2.48. The van der Waals surface area contributed by atoms with Crippen LogP contribution >= 0.6 is 0 Å². The van der Waals surface area contributed by atoms with E-state index in [0.717, 1.165) is 11.1 Å². The zero-order valence-electron chi connectivity index (χ0n) is 18.4. The topological polar surface area (TPSA) is 77.1 Å². The molecule has 7 nitrogen and oxygen atoms in total. The van der Waals surface area contributed by atoms with E-state index in [1.165, 1.54) is 12.0 Å². The maximum atomic E-state index is 12.9. The van der Waals surface area contributed by atoms with Gasteiger partial charge < -0.3 is 19.5 Å². The number of nitrogens with zero attached hydrogens (tertiary/aromatic N) is 1. The molecule has 1 aliphatic heterocycles. The van der Waals surface area contributed by atoms with E-state index in [0.29, 0.717) is 23.6 Å². The number of nitrogens with one attached hydrogen (secondary N) is 1. The molecule has 3 rings (SSSR count). The molecule has 2 aromatic carbocycles. The van der Waals surface area contributed by atoms with Gasteiger partial charge in [-0.25, -0.2) is 9.59 Å². The molecule has 0 saturated heterocycles. The first-order chi connectivity index (χ1) is 15.5. The van der Waals surface area contributed by atoms with Crippen LogP contribution in [-0.2, 0) is 20.9 Å². The second-order valence-electron chi connectivity index (χ2n) is 7.26. The minimum Gasteiger partial charge on any atom is -0.489 e. The summed E-state index contributed by atoms with van der Waals surface area (Å²) in [5.41, 5.74) is 2.65. The van der Waals surface area contributed by atoms with Crippen LogP contribution in [0.3, 0.4) is 0 Å². The molecule has 0 aliphatic carbocycles. The Labute approximate surface area is 188 Å². The first-order valence-electron chi connectivity index (χ1n) is 10.4. The lowest BCUT2D eigenvalue weighted by molar-refractivity contribution is -0.140. The average molecular weight is 437 g/mol. The summed E-state index contributed by atoms with van der Waals surface area (Å²) < 4.78 is 16.3. The molecule has 2 aromatic rings. The van der Waals surface area contributed by atoms with Gasteiger partial charge in [0.2, 0.25) is 0 Å². The van der Waals surface area contributed by atoms with E-state index < -0.39 is 12.0 Å². The van der Waals surface area contributed by atoms with Crippen molar-refractivity contribution >= 4 is 12.0 Å². The van der Waals surface area contributed by atoms with E-state index in [4.69, 9.17) is 14.2 Å². The van der Waals surface area contributed by atoms with Crippen LogP contribution in [0.5, 0.6) is 5.75 Å². The number of allylic oxidation sites excluding steroid dienone is 1. The molecule has 1 aliphatic rings. The number of hydrogen-bond acceptors (Lipinski definition) is 5. The van der Waals surface area contributed by atoms with Crippen LogP contribution in [0.1, 0.15) is 24.1 Å². The maximum absolute atomic E-state index is 12.9. The van der Waals surface area contributed by atoms with Gasteiger partial charge in [-0.1, -0.05) is 48.5 Å². The Morgan fingerprint density at radius 2 is 1.94 bits per heavy atom. The summed E-state index contributed by atoms with van der Waals surface area (Å²) >= 11 is 0. The Hall–Kier alpha value is -3.58. The van der Waals surface area contributed by atoms with Crippen molar-refractivity contribution in [2.45, 2.75) is 19.6 Å². The summed E-state index contributed by atoms with van der Waals surface area (Å²) in [5.74, 6) is 0.132. The van der Waals surface area contributed by atoms with Gasteiger partial charge in [0.15, 0.2) is 0 Å². The third-order valence-electron chi connectivity index (χ3n) is 5.09. The average Bonchev–Trinajstić information content (AvgIpc) is 2.81. The van der Waals surface area contributed by atoms with Crippen LogP contribution in [0.4, 0.5) is 4.79 Å². The number of carbonyl (C=O) groups is 2. The van der Waals surface area contributed by atoms with Gasteiger partial charge in [-0.05, 0) is 30.2 Å². The van der Waals surface area contributed by atoms with E-state index in [2.05, 4.69) is 11.9 Å². The molecule has 0 aromatic heterocycles. The van der Waals surface area contributed by atoms with Crippen LogP contribution in [0, 0.1) is 0 Å². The highest BCUT2D eigenvalue weighted by molar-refractivity contribution is 5.95. The predicted molar refractivity (Wildman–Crippen MR) is 121 cm³/mol. The second kappa shape index (κ2) is 11.2. The number of carbonyl (C=O) groups excluding carboxylic acids is 2. The Balaban J connectivity index is 1.88. The summed E-state index contributed by atoms with van der Waals surface area (Å²) in [7, 11) is 1.54. The lowest BCUT2D eigenvalue weighted by Gasteiger charge is -2.35. The molecule has 1 atom stereocenters. The van der Waals surface area contributed by atoms with Gasteiger partial charge in [0, 0.05) is 19.4 Å². The third kappa shape index (κ3) is 5.56. The summed E-state index contributed by atoms with van der Waals surface area (Å²) in [6, 6.07) is 16.2. The number of hydrogen-bond donors (Lipinski definition) is 1. The molecule has 32 heavy (non-hydrogen) atoms. The van der Waals surface area contributed by atoms with Crippen LogP contribution in [0.25, 0.3) is 0 Å². The molecule has 168 valence electrons. The molecule has 1 heterocycles. The number of amides is 2. The number of urea groups is 1. The Bertz CT molecular complexity index is 987. The van der Waals surface area contributed by atoms with Crippen molar-refractivity contribution in [3.63, 3.8) is 0 Å². The fourth-order valence-corrected chi connectivity index (χ4v) is 3.46. The Kier molecular flexibility index (Phi) is 8.05. The van der Waals surface area contributed by atoms with Gasteiger partial charge in [0.05, 0.1) is 18.2 Å². The van der Waals surface area contributed by atoms with Gasteiger partial charge in [-0.15, -0.1) is 6.58 Å². The fraction of sp³-hybridized carbons (Fsp3) is 0.280. The fourth-order valence-electron chi connectivity index (χ4n) is 3.46.